The van der Waals surface area contributed by atoms with Gasteiger partial charge in [0.15, 0.2) is 0 Å². The highest BCUT2D eigenvalue weighted by atomic mass is 15.3. The summed E-state index contributed by atoms with van der Waals surface area (Å²) in [4.78, 5) is 13.9. The molecule has 1 unspecified atom stereocenters. The van der Waals surface area contributed by atoms with Crippen molar-refractivity contribution in [2.24, 2.45) is 10.9 Å². The summed E-state index contributed by atoms with van der Waals surface area (Å²) in [6.07, 6.45) is 7.55. The zero-order chi connectivity index (χ0) is 21.1. The minimum Gasteiger partial charge on any atom is -0.372 e. The van der Waals surface area contributed by atoms with E-state index >= 15 is 0 Å². The number of pyridine rings is 1. The van der Waals surface area contributed by atoms with E-state index in [1.54, 1.807) is 6.20 Å². The van der Waals surface area contributed by atoms with E-state index in [1.165, 1.54) is 11.3 Å². The topological polar surface area (TPSA) is 43.8 Å². The van der Waals surface area contributed by atoms with Gasteiger partial charge >= 0.3 is 0 Å². The van der Waals surface area contributed by atoms with Crippen molar-refractivity contribution in [1.29, 1.82) is 0 Å². The Morgan fingerprint density at radius 3 is 2.67 bits per heavy atom. The molecule has 30 heavy (non-hydrogen) atoms. The maximum atomic E-state index is 4.76. The molecule has 0 saturated carbocycles. The molecule has 5 heteroatoms. The van der Waals surface area contributed by atoms with E-state index < -0.39 is 0 Å². The largest absolute Gasteiger partial charge is 0.372 e. The van der Waals surface area contributed by atoms with Crippen molar-refractivity contribution in [2.75, 3.05) is 25.0 Å². The van der Waals surface area contributed by atoms with Crippen LogP contribution < -0.4 is 10.2 Å². The van der Waals surface area contributed by atoms with Gasteiger partial charge in [-0.2, -0.15) is 0 Å². The molecule has 1 aromatic heterocycles. The molecule has 2 aliphatic heterocycles. The third-order valence-electron chi connectivity index (χ3n) is 6.09. The molecule has 5 nitrogen and oxygen atoms in total. The van der Waals surface area contributed by atoms with Crippen LogP contribution in [0.2, 0.25) is 0 Å². The molecule has 1 saturated heterocycles. The number of aliphatic imine (C=N–C) groups is 1. The number of benzene rings is 1. The Hall–Kier alpha value is -3.34. The number of rotatable bonds is 5. The first kappa shape index (κ1) is 20.0. The normalized spacial score (nSPS) is 22.1. The highest BCUT2D eigenvalue weighted by Crippen LogP contribution is 2.29. The van der Waals surface area contributed by atoms with Gasteiger partial charge < -0.3 is 15.1 Å². The second kappa shape index (κ2) is 8.57. The van der Waals surface area contributed by atoms with Crippen LogP contribution in [0.3, 0.4) is 0 Å². The summed E-state index contributed by atoms with van der Waals surface area (Å²) >= 11 is 0. The number of amidine groups is 1. The third-order valence-corrected chi connectivity index (χ3v) is 6.09. The van der Waals surface area contributed by atoms with Crippen LogP contribution in [0.1, 0.15) is 13.8 Å². The van der Waals surface area contributed by atoms with Crippen LogP contribution in [-0.2, 0) is 0 Å². The SMILES string of the molecule is C=CNC1=NC=C/C1=C(/C)N1CC(C)[C@@H](N(C)c2ccc(-c3ccccc3)cn2)C1. The van der Waals surface area contributed by atoms with Crippen molar-refractivity contribution in [1.82, 2.24) is 15.2 Å². The smallest absolute Gasteiger partial charge is 0.138 e. The molecule has 0 spiro atoms. The lowest BCUT2D eigenvalue weighted by Gasteiger charge is -2.29. The first-order valence-corrected chi connectivity index (χ1v) is 10.4. The first-order chi connectivity index (χ1) is 14.6. The maximum Gasteiger partial charge on any atom is 0.138 e. The Balaban J connectivity index is 1.49. The molecule has 0 radical (unpaired) electrons. The van der Waals surface area contributed by atoms with Crippen molar-refractivity contribution in [3.8, 4) is 11.1 Å². The van der Waals surface area contributed by atoms with E-state index in [0.29, 0.717) is 12.0 Å². The number of nitrogens with zero attached hydrogens (tertiary/aromatic N) is 4. The molecular formula is C25H29N5. The van der Waals surface area contributed by atoms with Gasteiger partial charge in [0.2, 0.25) is 0 Å². The Labute approximate surface area is 179 Å². The number of nitrogens with one attached hydrogen (secondary N) is 1. The number of likely N-dealkylation sites (N-methyl/N-ethyl adjacent to an activating group) is 1. The number of allylic oxidation sites excluding steroid dienone is 1. The maximum absolute atomic E-state index is 4.76. The van der Waals surface area contributed by atoms with Gasteiger partial charge in [-0.1, -0.05) is 43.8 Å². The van der Waals surface area contributed by atoms with Gasteiger partial charge in [0, 0.05) is 49.4 Å². The minimum absolute atomic E-state index is 0.397. The first-order valence-electron chi connectivity index (χ1n) is 10.4. The average molecular weight is 400 g/mol. The van der Waals surface area contributed by atoms with Crippen LogP contribution in [0.25, 0.3) is 11.1 Å². The molecule has 1 N–H and O–H groups in total. The van der Waals surface area contributed by atoms with Gasteiger partial charge in [0.25, 0.3) is 0 Å². The van der Waals surface area contributed by atoms with Crippen molar-refractivity contribution in [2.45, 2.75) is 19.9 Å². The number of aromatic nitrogens is 1. The average Bonchev–Trinajstić information content (AvgIpc) is 3.40. The van der Waals surface area contributed by atoms with Crippen molar-refractivity contribution < 1.29 is 0 Å². The monoisotopic (exact) mass is 399 g/mol. The molecule has 2 aliphatic rings. The quantitative estimate of drug-likeness (QED) is 0.807. The molecule has 3 heterocycles. The summed E-state index contributed by atoms with van der Waals surface area (Å²) in [7, 11) is 2.15. The molecular weight excluding hydrogens is 370 g/mol. The molecule has 154 valence electrons. The fourth-order valence-corrected chi connectivity index (χ4v) is 4.30. The second-order valence-corrected chi connectivity index (χ2v) is 7.97. The van der Waals surface area contributed by atoms with Gasteiger partial charge in [-0.05, 0) is 42.8 Å². The molecule has 4 rings (SSSR count). The zero-order valence-corrected chi connectivity index (χ0v) is 17.9. The summed E-state index contributed by atoms with van der Waals surface area (Å²) in [5, 5.41) is 3.14. The Kier molecular flexibility index (Phi) is 5.70. The van der Waals surface area contributed by atoms with Gasteiger partial charge in [0.1, 0.15) is 11.7 Å². The highest BCUT2D eigenvalue weighted by Gasteiger charge is 2.34. The predicted octanol–water partition coefficient (Wildman–Crippen LogP) is 4.44. The van der Waals surface area contributed by atoms with E-state index in [0.717, 1.165) is 35.9 Å². The van der Waals surface area contributed by atoms with Crippen LogP contribution in [-0.4, -0.2) is 41.9 Å². The van der Waals surface area contributed by atoms with Crippen LogP contribution in [0.5, 0.6) is 0 Å². The van der Waals surface area contributed by atoms with Gasteiger partial charge in [0.05, 0.1) is 6.04 Å². The third kappa shape index (κ3) is 3.88. The van der Waals surface area contributed by atoms with Crippen LogP contribution in [0.15, 0.2) is 90.0 Å². The summed E-state index contributed by atoms with van der Waals surface area (Å²) in [6.45, 7) is 10.2. The lowest BCUT2D eigenvalue weighted by Crippen LogP contribution is -2.38. The molecule has 0 bridgehead atoms. The van der Waals surface area contributed by atoms with Crippen LogP contribution >= 0.6 is 0 Å². The number of hydrogen-bond donors (Lipinski definition) is 1. The van der Waals surface area contributed by atoms with Crippen molar-refractivity contribution in [3.63, 3.8) is 0 Å². The predicted molar refractivity (Wildman–Crippen MR) is 125 cm³/mol. The number of hydrogen-bond acceptors (Lipinski definition) is 5. The summed E-state index contributed by atoms with van der Waals surface area (Å²) < 4.78 is 0. The van der Waals surface area contributed by atoms with E-state index in [-0.39, 0.29) is 0 Å². The molecule has 0 aliphatic carbocycles. The summed E-state index contributed by atoms with van der Waals surface area (Å²) in [5.41, 5.74) is 4.71. The van der Waals surface area contributed by atoms with Crippen molar-refractivity contribution >= 4 is 11.7 Å². The molecule has 2 aromatic rings. The molecule has 0 amide bonds. The molecule has 1 aromatic carbocycles. The fourth-order valence-electron chi connectivity index (χ4n) is 4.30. The van der Waals surface area contributed by atoms with Crippen LogP contribution in [0.4, 0.5) is 5.82 Å². The van der Waals surface area contributed by atoms with Gasteiger partial charge in [-0.15, -0.1) is 0 Å². The lowest BCUT2D eigenvalue weighted by atomic mass is 10.0. The van der Waals surface area contributed by atoms with E-state index in [9.17, 15) is 0 Å². The highest BCUT2D eigenvalue weighted by molar-refractivity contribution is 6.04. The summed E-state index contributed by atoms with van der Waals surface area (Å²) in [6, 6.07) is 15.1. The Morgan fingerprint density at radius 1 is 1.17 bits per heavy atom. The van der Waals surface area contributed by atoms with Crippen LogP contribution in [0, 0.1) is 5.92 Å². The zero-order valence-electron chi connectivity index (χ0n) is 17.9. The lowest BCUT2D eigenvalue weighted by molar-refractivity contribution is 0.408. The van der Waals surface area contributed by atoms with E-state index in [2.05, 4.69) is 90.1 Å². The fraction of sp³-hybridized carbons (Fsp3) is 0.280. The Morgan fingerprint density at radius 2 is 1.97 bits per heavy atom. The molecule has 2 atom stereocenters. The standard InChI is InChI=1S/C25H29N5/c1-5-26-25-22(13-14-27-25)19(3)30-16-18(2)23(17-30)29(4)24-12-11-21(15-28-24)20-9-7-6-8-10-20/h5-15,18,23H,1,16-17H2,2-4H3,(H,26,27)/b22-19+/t18?,23-/m0/s1. The van der Waals surface area contributed by atoms with E-state index in [1.807, 2.05) is 18.5 Å². The number of likely N-dealkylation sites (tertiary alicyclic amines) is 1. The van der Waals surface area contributed by atoms with Gasteiger partial charge in [-0.3, -0.25) is 0 Å². The summed E-state index contributed by atoms with van der Waals surface area (Å²) in [5.74, 6) is 2.40. The van der Waals surface area contributed by atoms with Gasteiger partial charge in [-0.25, -0.2) is 9.98 Å². The molecule has 1 fully saturated rings. The second-order valence-electron chi connectivity index (χ2n) is 7.97. The van der Waals surface area contributed by atoms with E-state index in [4.69, 9.17) is 4.98 Å². The number of anilines is 1. The minimum atomic E-state index is 0.397. The van der Waals surface area contributed by atoms with Crippen molar-refractivity contribution in [3.05, 3.63) is 85.0 Å². The Bertz CT molecular complexity index is 988.